The highest BCUT2D eigenvalue weighted by Crippen LogP contribution is 2.10. The number of hydrogen-bond acceptors (Lipinski definition) is 8. The van der Waals surface area contributed by atoms with Gasteiger partial charge in [0.05, 0.1) is 12.4 Å². The van der Waals surface area contributed by atoms with Crippen LogP contribution in [0.2, 0.25) is 0 Å². The van der Waals surface area contributed by atoms with E-state index >= 15 is 0 Å². The number of aliphatic imine (C=N–C) groups is 1. The number of carboxylic acids is 1. The van der Waals surface area contributed by atoms with E-state index in [4.69, 9.17) is 22.9 Å². The molecule has 5 unspecified atom stereocenters. The predicted molar refractivity (Wildman–Crippen MR) is 146 cm³/mol. The molecule has 13 N–H and O–H groups in total. The van der Waals surface area contributed by atoms with Crippen molar-refractivity contribution in [1.82, 2.24) is 25.9 Å². The molecule has 1 heterocycles. The number of aromatic nitrogens is 2. The molecule has 0 aliphatic rings. The lowest BCUT2D eigenvalue weighted by Crippen LogP contribution is -2.58. The van der Waals surface area contributed by atoms with Crippen LogP contribution in [0, 0.1) is 5.92 Å². The third kappa shape index (κ3) is 12.6. The number of carbonyl (C=O) groups is 4. The highest BCUT2D eigenvalue weighted by atomic mass is 16.4. The van der Waals surface area contributed by atoms with Gasteiger partial charge in [-0.15, -0.1) is 0 Å². The molecule has 1 aromatic rings. The Bertz CT molecular complexity index is 936. The van der Waals surface area contributed by atoms with Gasteiger partial charge in [0.15, 0.2) is 5.96 Å². The molecule has 15 nitrogen and oxygen atoms in total. The summed E-state index contributed by atoms with van der Waals surface area (Å²) in [5.41, 5.74) is 22.7. The van der Waals surface area contributed by atoms with E-state index in [0.717, 1.165) is 0 Å². The van der Waals surface area contributed by atoms with Gasteiger partial charge in [-0.05, 0) is 44.6 Å². The molecule has 0 aliphatic heterocycles. The minimum Gasteiger partial charge on any atom is -0.480 e. The number of hydrogen-bond donors (Lipinski definition) is 9. The number of unbranched alkanes of at least 4 members (excludes halogenated alkanes) is 1. The highest BCUT2D eigenvalue weighted by Gasteiger charge is 2.32. The Labute approximate surface area is 228 Å². The minimum absolute atomic E-state index is 0.0260. The first-order valence-electron chi connectivity index (χ1n) is 13.1. The Morgan fingerprint density at radius 2 is 1.69 bits per heavy atom. The fourth-order valence-electron chi connectivity index (χ4n) is 3.73. The van der Waals surface area contributed by atoms with E-state index in [1.165, 1.54) is 12.5 Å². The fraction of sp³-hybridized carbons (Fsp3) is 0.667. The molecule has 5 atom stereocenters. The van der Waals surface area contributed by atoms with Crippen molar-refractivity contribution in [3.8, 4) is 0 Å². The molecule has 220 valence electrons. The number of aliphatic carboxylic acids is 1. The van der Waals surface area contributed by atoms with E-state index in [0.29, 0.717) is 44.5 Å². The number of carboxylic acid groups (broad SMARTS) is 1. The number of nitrogens with one attached hydrogen (secondary N) is 4. The van der Waals surface area contributed by atoms with E-state index in [1.54, 1.807) is 6.92 Å². The second kappa shape index (κ2) is 17.7. The molecule has 3 amide bonds. The molecule has 0 fully saturated rings. The van der Waals surface area contributed by atoms with Gasteiger partial charge in [-0.2, -0.15) is 0 Å². The molecule has 1 aromatic heterocycles. The largest absolute Gasteiger partial charge is 0.480 e. The van der Waals surface area contributed by atoms with Crippen LogP contribution in [-0.4, -0.2) is 82.0 Å². The third-order valence-electron chi connectivity index (χ3n) is 6.27. The number of H-pyrrole nitrogens is 1. The molecular formula is C24H44N10O5. The van der Waals surface area contributed by atoms with Gasteiger partial charge in [0.1, 0.15) is 18.1 Å². The lowest BCUT2D eigenvalue weighted by Gasteiger charge is -2.26. The van der Waals surface area contributed by atoms with Crippen LogP contribution in [0.5, 0.6) is 0 Å². The standard InChI is InChI=1S/C24H44N10O5/c1-3-14(2)19(23(38)39)34-22(37)18(11-15-12-29-13-31-15)33-21(36)17(8-4-5-9-25)32-20(35)16(26)7-6-10-30-24(27)28/h12-14,16-19H,3-11,25-26H2,1-2H3,(H,29,31)(H,32,35)(H,33,36)(H,34,37)(H,38,39)(H4,27,28,30). The van der Waals surface area contributed by atoms with Gasteiger partial charge in [0.2, 0.25) is 17.7 Å². The second-order valence-electron chi connectivity index (χ2n) is 9.45. The number of imidazole rings is 1. The first-order valence-corrected chi connectivity index (χ1v) is 13.1. The van der Waals surface area contributed by atoms with E-state index in [-0.39, 0.29) is 31.1 Å². The minimum atomic E-state index is -1.18. The van der Waals surface area contributed by atoms with E-state index in [2.05, 4.69) is 30.9 Å². The van der Waals surface area contributed by atoms with Crippen LogP contribution in [0.15, 0.2) is 17.5 Å². The monoisotopic (exact) mass is 552 g/mol. The van der Waals surface area contributed by atoms with Crippen molar-refractivity contribution in [3.63, 3.8) is 0 Å². The maximum Gasteiger partial charge on any atom is 0.326 e. The zero-order chi connectivity index (χ0) is 29.4. The molecule has 0 aliphatic carbocycles. The van der Waals surface area contributed by atoms with Gasteiger partial charge in [0, 0.05) is 24.9 Å². The van der Waals surface area contributed by atoms with Crippen LogP contribution in [0.4, 0.5) is 0 Å². The third-order valence-corrected chi connectivity index (χ3v) is 6.27. The van der Waals surface area contributed by atoms with Crippen LogP contribution in [0.1, 0.15) is 58.1 Å². The maximum absolute atomic E-state index is 13.3. The SMILES string of the molecule is CCC(C)C(NC(=O)C(Cc1cnc[nH]1)NC(=O)C(CCCCN)NC(=O)C(N)CCCN=C(N)N)C(=O)O. The zero-order valence-corrected chi connectivity index (χ0v) is 22.7. The molecule has 15 heteroatoms. The Kier molecular flexibility index (Phi) is 15.1. The number of amides is 3. The lowest BCUT2D eigenvalue weighted by atomic mass is 9.98. The number of carbonyl (C=O) groups excluding carboxylic acids is 3. The summed E-state index contributed by atoms with van der Waals surface area (Å²) in [6.45, 7) is 4.24. The maximum atomic E-state index is 13.3. The lowest BCUT2D eigenvalue weighted by molar-refractivity contribution is -0.143. The molecular weight excluding hydrogens is 508 g/mol. The second-order valence-corrected chi connectivity index (χ2v) is 9.45. The Morgan fingerprint density at radius 3 is 2.26 bits per heavy atom. The van der Waals surface area contributed by atoms with Crippen molar-refractivity contribution in [3.05, 3.63) is 18.2 Å². The van der Waals surface area contributed by atoms with Gasteiger partial charge in [-0.3, -0.25) is 19.4 Å². The van der Waals surface area contributed by atoms with Crippen LogP contribution in [-0.2, 0) is 25.6 Å². The van der Waals surface area contributed by atoms with Crippen molar-refractivity contribution in [2.75, 3.05) is 13.1 Å². The summed E-state index contributed by atoms with van der Waals surface area (Å²) < 4.78 is 0. The Hall–Kier alpha value is -3.72. The summed E-state index contributed by atoms with van der Waals surface area (Å²) in [5.74, 6) is -3.39. The molecule has 1 rings (SSSR count). The van der Waals surface area contributed by atoms with Crippen molar-refractivity contribution < 1.29 is 24.3 Å². The summed E-state index contributed by atoms with van der Waals surface area (Å²) >= 11 is 0. The van der Waals surface area contributed by atoms with Crippen molar-refractivity contribution in [1.29, 1.82) is 0 Å². The normalized spacial score (nSPS) is 14.8. The Balaban J connectivity index is 3.02. The van der Waals surface area contributed by atoms with Gasteiger partial charge < -0.3 is 49.0 Å². The van der Waals surface area contributed by atoms with E-state index in [1.807, 2.05) is 6.92 Å². The number of guanidine groups is 1. The molecule has 39 heavy (non-hydrogen) atoms. The van der Waals surface area contributed by atoms with Gasteiger partial charge in [0.25, 0.3) is 0 Å². The summed E-state index contributed by atoms with van der Waals surface area (Å²) in [6, 6.07) is -4.17. The van der Waals surface area contributed by atoms with Crippen LogP contribution in [0.25, 0.3) is 0 Å². The van der Waals surface area contributed by atoms with E-state index in [9.17, 15) is 24.3 Å². The van der Waals surface area contributed by atoms with Gasteiger partial charge in [-0.1, -0.05) is 20.3 Å². The van der Waals surface area contributed by atoms with Gasteiger partial charge >= 0.3 is 5.97 Å². The number of aromatic amines is 1. The topological polar surface area (TPSA) is 270 Å². The predicted octanol–water partition coefficient (Wildman–Crippen LogP) is -1.95. The number of rotatable bonds is 19. The first-order chi connectivity index (χ1) is 18.5. The summed E-state index contributed by atoms with van der Waals surface area (Å²) in [4.78, 5) is 61.6. The highest BCUT2D eigenvalue weighted by molar-refractivity contribution is 5.94. The molecule has 0 spiro atoms. The quantitative estimate of drug-likeness (QED) is 0.0519. The van der Waals surface area contributed by atoms with Crippen LogP contribution in [0.3, 0.4) is 0 Å². The average Bonchev–Trinajstić information content (AvgIpc) is 3.40. The summed E-state index contributed by atoms with van der Waals surface area (Å²) in [7, 11) is 0. The Morgan fingerprint density at radius 1 is 1.03 bits per heavy atom. The van der Waals surface area contributed by atoms with Crippen LogP contribution < -0.4 is 38.9 Å². The summed E-state index contributed by atoms with van der Waals surface area (Å²) in [5, 5.41) is 17.5. The average molecular weight is 553 g/mol. The fourth-order valence-corrected chi connectivity index (χ4v) is 3.73. The van der Waals surface area contributed by atoms with Crippen molar-refractivity contribution >= 4 is 29.7 Å². The van der Waals surface area contributed by atoms with Crippen LogP contribution >= 0.6 is 0 Å². The molecule has 0 radical (unpaired) electrons. The van der Waals surface area contributed by atoms with E-state index < -0.39 is 47.9 Å². The smallest absolute Gasteiger partial charge is 0.326 e. The molecule has 0 bridgehead atoms. The molecule has 0 saturated carbocycles. The summed E-state index contributed by atoms with van der Waals surface area (Å²) in [6.07, 6.45) is 5.65. The molecule has 0 aromatic carbocycles. The number of nitrogens with zero attached hydrogens (tertiary/aromatic N) is 2. The first kappa shape index (κ1) is 33.3. The zero-order valence-electron chi connectivity index (χ0n) is 22.7. The van der Waals surface area contributed by atoms with Crippen molar-refractivity contribution in [2.45, 2.75) is 83.0 Å². The van der Waals surface area contributed by atoms with Crippen molar-refractivity contribution in [2.24, 2.45) is 33.8 Å². The van der Waals surface area contributed by atoms with Gasteiger partial charge in [-0.25, -0.2) is 9.78 Å². The number of nitrogens with two attached hydrogens (primary N) is 4. The molecule has 0 saturated heterocycles.